The summed E-state index contributed by atoms with van der Waals surface area (Å²) in [6.45, 7) is -2.16. The van der Waals surface area contributed by atoms with Gasteiger partial charge in [-0.15, -0.1) is 0 Å². The number of hydrogen-bond donors (Lipinski definition) is 1. The number of benzene rings is 1. The molecule has 1 aromatic carbocycles. The van der Waals surface area contributed by atoms with E-state index in [1.165, 1.54) is 31.4 Å². The number of piperidine rings is 1. The molecule has 4 unspecified atom stereocenters. The average Bonchev–Trinajstić information content (AvgIpc) is 3.31. The van der Waals surface area contributed by atoms with E-state index in [4.69, 9.17) is 0 Å². The van der Waals surface area contributed by atoms with Crippen LogP contribution in [0.3, 0.4) is 0 Å². The first-order chi connectivity index (χ1) is 13.5. The molecule has 1 heterocycles. The molecule has 0 radical (unpaired) electrons. The van der Waals surface area contributed by atoms with Crippen molar-refractivity contribution in [2.75, 3.05) is 13.1 Å². The molecule has 1 N–H and O–H groups in total. The lowest BCUT2D eigenvalue weighted by Crippen LogP contribution is -2.48. The lowest BCUT2D eigenvalue weighted by atomic mass is 9.92. The fourth-order valence-corrected chi connectivity index (χ4v) is 5.11. The summed E-state index contributed by atoms with van der Waals surface area (Å²) in [5.74, 6) is 0.636. The number of para-hydroxylation sites is 1. The molecule has 3 aliphatic rings. The van der Waals surface area contributed by atoms with Crippen molar-refractivity contribution < 1.29 is 23.1 Å². The molecule has 3 fully saturated rings. The molecule has 2 saturated carbocycles. The number of carbonyl (C=O) groups is 2. The standard InChI is InChI=1S/C21H26F2N2O3/c22-21(23)28-18-6-2-1-5-16(18)20(27)25-9-3-4-15(12-25)19(26)24-17-11-13-7-8-14(17)10-13/h1-2,5-6,13-15,17,21H,3-4,7-12H2,(H,24,26). The number of amides is 2. The van der Waals surface area contributed by atoms with Crippen LogP contribution in [-0.2, 0) is 4.79 Å². The maximum Gasteiger partial charge on any atom is 0.387 e. The fourth-order valence-electron chi connectivity index (χ4n) is 5.11. The van der Waals surface area contributed by atoms with Gasteiger partial charge in [0.1, 0.15) is 5.75 Å². The van der Waals surface area contributed by atoms with E-state index in [1.54, 1.807) is 17.0 Å². The van der Waals surface area contributed by atoms with Crippen molar-refractivity contribution in [1.82, 2.24) is 10.2 Å². The molecule has 1 aliphatic heterocycles. The minimum absolute atomic E-state index is 0.0205. The Bertz CT molecular complexity index is 742. The van der Waals surface area contributed by atoms with Gasteiger partial charge in [0.2, 0.25) is 5.91 Å². The van der Waals surface area contributed by atoms with Crippen molar-refractivity contribution in [3.05, 3.63) is 29.8 Å². The first kappa shape index (κ1) is 19.2. The van der Waals surface area contributed by atoms with Gasteiger partial charge in [0.05, 0.1) is 11.5 Å². The lowest BCUT2D eigenvalue weighted by Gasteiger charge is -2.34. The van der Waals surface area contributed by atoms with Crippen LogP contribution < -0.4 is 10.1 Å². The molecule has 0 spiro atoms. The number of carbonyl (C=O) groups excluding carboxylic acids is 2. The molecule has 1 saturated heterocycles. The highest BCUT2D eigenvalue weighted by Gasteiger charge is 2.41. The summed E-state index contributed by atoms with van der Waals surface area (Å²) in [7, 11) is 0. The van der Waals surface area contributed by atoms with Crippen LogP contribution in [-0.4, -0.2) is 42.5 Å². The molecule has 4 rings (SSSR count). The minimum atomic E-state index is -2.99. The average molecular weight is 392 g/mol. The smallest absolute Gasteiger partial charge is 0.387 e. The Morgan fingerprint density at radius 3 is 2.68 bits per heavy atom. The van der Waals surface area contributed by atoms with Crippen LogP contribution in [0.25, 0.3) is 0 Å². The van der Waals surface area contributed by atoms with Gasteiger partial charge in [-0.05, 0) is 56.1 Å². The van der Waals surface area contributed by atoms with Gasteiger partial charge in [-0.2, -0.15) is 8.78 Å². The van der Waals surface area contributed by atoms with Crippen molar-refractivity contribution in [3.63, 3.8) is 0 Å². The third kappa shape index (κ3) is 3.98. The van der Waals surface area contributed by atoms with E-state index in [-0.39, 0.29) is 35.1 Å². The molecular weight excluding hydrogens is 366 g/mol. The van der Waals surface area contributed by atoms with E-state index < -0.39 is 6.61 Å². The predicted molar refractivity (Wildman–Crippen MR) is 99.1 cm³/mol. The quantitative estimate of drug-likeness (QED) is 0.835. The zero-order valence-corrected chi connectivity index (χ0v) is 15.8. The number of rotatable bonds is 5. The Balaban J connectivity index is 1.39. The molecule has 0 aromatic heterocycles. The van der Waals surface area contributed by atoms with Gasteiger partial charge in [-0.25, -0.2) is 0 Å². The summed E-state index contributed by atoms with van der Waals surface area (Å²) >= 11 is 0. The van der Waals surface area contributed by atoms with Crippen molar-refractivity contribution in [3.8, 4) is 5.75 Å². The van der Waals surface area contributed by atoms with Crippen LogP contribution in [0, 0.1) is 17.8 Å². The highest BCUT2D eigenvalue weighted by Crippen LogP contribution is 2.44. The predicted octanol–water partition coefficient (Wildman–Crippen LogP) is 3.45. The van der Waals surface area contributed by atoms with Crippen molar-refractivity contribution in [2.45, 2.75) is 51.2 Å². The SMILES string of the molecule is O=C(NC1CC2CCC1C2)C1CCCN(C(=O)c2ccccc2OC(F)F)C1. The summed E-state index contributed by atoms with van der Waals surface area (Å²) in [5.41, 5.74) is 0.108. The zero-order chi connectivity index (χ0) is 19.7. The molecular formula is C21H26F2N2O3. The van der Waals surface area contributed by atoms with E-state index in [1.807, 2.05) is 0 Å². The third-order valence-electron chi connectivity index (χ3n) is 6.48. The Labute approximate surface area is 163 Å². The van der Waals surface area contributed by atoms with E-state index >= 15 is 0 Å². The number of nitrogens with one attached hydrogen (secondary N) is 1. The van der Waals surface area contributed by atoms with Gasteiger partial charge in [0.25, 0.3) is 5.91 Å². The summed E-state index contributed by atoms with van der Waals surface area (Å²) < 4.78 is 29.8. The number of ether oxygens (including phenoxy) is 1. The van der Waals surface area contributed by atoms with Crippen LogP contribution in [0.5, 0.6) is 5.75 Å². The second-order valence-electron chi connectivity index (χ2n) is 8.25. The second kappa shape index (κ2) is 8.05. The number of hydrogen-bond acceptors (Lipinski definition) is 3. The van der Waals surface area contributed by atoms with Gasteiger partial charge >= 0.3 is 6.61 Å². The summed E-state index contributed by atoms with van der Waals surface area (Å²) in [5, 5.41) is 3.22. The lowest BCUT2D eigenvalue weighted by molar-refractivity contribution is -0.127. The summed E-state index contributed by atoms with van der Waals surface area (Å²) in [6, 6.07) is 6.30. The number of fused-ring (bicyclic) bond motifs is 2. The Morgan fingerprint density at radius 2 is 1.96 bits per heavy atom. The minimum Gasteiger partial charge on any atom is -0.434 e. The maximum absolute atomic E-state index is 12.9. The van der Waals surface area contributed by atoms with E-state index in [0.717, 1.165) is 25.2 Å². The number of nitrogens with zero attached hydrogens (tertiary/aromatic N) is 1. The third-order valence-corrected chi connectivity index (χ3v) is 6.48. The number of halogens is 2. The molecule has 2 amide bonds. The van der Waals surface area contributed by atoms with Gasteiger partial charge in [-0.3, -0.25) is 9.59 Å². The van der Waals surface area contributed by atoms with Gasteiger partial charge in [0, 0.05) is 19.1 Å². The molecule has 7 heteroatoms. The zero-order valence-electron chi connectivity index (χ0n) is 15.8. The molecule has 1 aromatic rings. The van der Waals surface area contributed by atoms with Crippen molar-refractivity contribution in [2.24, 2.45) is 17.8 Å². The van der Waals surface area contributed by atoms with Crippen molar-refractivity contribution >= 4 is 11.8 Å². The van der Waals surface area contributed by atoms with Gasteiger partial charge < -0.3 is 15.0 Å². The first-order valence-corrected chi connectivity index (χ1v) is 10.1. The molecule has 152 valence electrons. The second-order valence-corrected chi connectivity index (χ2v) is 8.25. The van der Waals surface area contributed by atoms with E-state index in [0.29, 0.717) is 19.0 Å². The number of alkyl halides is 2. The summed E-state index contributed by atoms with van der Waals surface area (Å²) in [6.07, 6.45) is 6.24. The largest absolute Gasteiger partial charge is 0.434 e. The van der Waals surface area contributed by atoms with Crippen LogP contribution >= 0.6 is 0 Å². The Hall–Kier alpha value is -2.18. The molecule has 2 aliphatic carbocycles. The number of likely N-dealkylation sites (tertiary alicyclic amines) is 1. The van der Waals surface area contributed by atoms with Crippen molar-refractivity contribution in [1.29, 1.82) is 0 Å². The maximum atomic E-state index is 12.9. The summed E-state index contributed by atoms with van der Waals surface area (Å²) in [4.78, 5) is 27.2. The van der Waals surface area contributed by atoms with Crippen LogP contribution in [0.2, 0.25) is 0 Å². The Kier molecular flexibility index (Phi) is 5.51. The topological polar surface area (TPSA) is 58.6 Å². The normalized spacial score (nSPS) is 29.2. The van der Waals surface area contributed by atoms with Crippen LogP contribution in [0.15, 0.2) is 24.3 Å². The molecule has 2 bridgehead atoms. The Morgan fingerprint density at radius 1 is 1.14 bits per heavy atom. The van der Waals surface area contributed by atoms with Gasteiger partial charge in [0.15, 0.2) is 0 Å². The van der Waals surface area contributed by atoms with Gasteiger partial charge in [-0.1, -0.05) is 18.6 Å². The molecule has 5 nitrogen and oxygen atoms in total. The fraction of sp³-hybridized carbons (Fsp3) is 0.619. The van der Waals surface area contributed by atoms with Crippen LogP contribution in [0.4, 0.5) is 8.78 Å². The first-order valence-electron chi connectivity index (χ1n) is 10.1. The monoisotopic (exact) mass is 392 g/mol. The van der Waals surface area contributed by atoms with E-state index in [2.05, 4.69) is 10.1 Å². The molecule has 28 heavy (non-hydrogen) atoms. The van der Waals surface area contributed by atoms with Crippen LogP contribution in [0.1, 0.15) is 48.9 Å². The molecule has 4 atom stereocenters. The van der Waals surface area contributed by atoms with E-state index in [9.17, 15) is 18.4 Å². The highest BCUT2D eigenvalue weighted by molar-refractivity contribution is 5.97. The highest BCUT2D eigenvalue weighted by atomic mass is 19.3.